The monoisotopic (exact) mass is 500 g/mol. The van der Waals surface area contributed by atoms with E-state index in [0.29, 0.717) is 40.0 Å². The van der Waals surface area contributed by atoms with Crippen molar-refractivity contribution in [2.24, 2.45) is 5.10 Å². The van der Waals surface area contributed by atoms with E-state index in [1.165, 1.54) is 6.21 Å². The molecular formula is C25H22Cl2N2O5. The van der Waals surface area contributed by atoms with Crippen LogP contribution in [-0.2, 0) is 4.79 Å². The number of halogens is 2. The highest BCUT2D eigenvalue weighted by Crippen LogP contribution is 2.31. The van der Waals surface area contributed by atoms with Crippen molar-refractivity contribution in [3.05, 3.63) is 87.9 Å². The zero-order chi connectivity index (χ0) is 24.3. The molecule has 1 N–H and O–H groups in total. The predicted octanol–water partition coefficient (Wildman–Crippen LogP) is 5.53. The summed E-state index contributed by atoms with van der Waals surface area (Å²) in [5, 5.41) is 4.45. The number of ether oxygens (including phenoxy) is 3. The SMILES string of the molecule is CCCOc1ccc(C(=O)Oc2ccc(/C=N/NC(=O)COc3cccc(Cl)c3Cl)cc2)cc1. The third-order valence-corrected chi connectivity index (χ3v) is 5.13. The third-order valence-electron chi connectivity index (χ3n) is 4.33. The average molecular weight is 501 g/mol. The third kappa shape index (κ3) is 7.50. The van der Waals surface area contributed by atoms with Gasteiger partial charge in [0.2, 0.25) is 0 Å². The smallest absolute Gasteiger partial charge is 0.343 e. The molecule has 34 heavy (non-hydrogen) atoms. The molecule has 0 heterocycles. The maximum atomic E-state index is 12.3. The van der Waals surface area contributed by atoms with Gasteiger partial charge in [0.25, 0.3) is 5.91 Å². The van der Waals surface area contributed by atoms with Crippen molar-refractivity contribution in [3.63, 3.8) is 0 Å². The maximum absolute atomic E-state index is 12.3. The van der Waals surface area contributed by atoms with Gasteiger partial charge in [-0.1, -0.05) is 36.2 Å². The molecule has 0 saturated heterocycles. The second kappa shape index (κ2) is 12.6. The quantitative estimate of drug-likeness (QED) is 0.171. The van der Waals surface area contributed by atoms with Crippen LogP contribution < -0.4 is 19.6 Å². The predicted molar refractivity (Wildman–Crippen MR) is 131 cm³/mol. The summed E-state index contributed by atoms with van der Waals surface area (Å²) < 4.78 is 16.2. The first-order chi connectivity index (χ1) is 16.5. The van der Waals surface area contributed by atoms with E-state index in [0.717, 1.165) is 6.42 Å². The van der Waals surface area contributed by atoms with Crippen LogP contribution in [0.3, 0.4) is 0 Å². The van der Waals surface area contributed by atoms with Crippen LogP contribution in [0.15, 0.2) is 71.8 Å². The number of esters is 1. The van der Waals surface area contributed by atoms with Crippen LogP contribution in [-0.4, -0.2) is 31.3 Å². The molecular weight excluding hydrogens is 479 g/mol. The largest absolute Gasteiger partial charge is 0.494 e. The molecule has 0 fully saturated rings. The van der Waals surface area contributed by atoms with Crippen LogP contribution >= 0.6 is 23.2 Å². The zero-order valence-electron chi connectivity index (χ0n) is 18.3. The fourth-order valence-electron chi connectivity index (χ4n) is 2.64. The van der Waals surface area contributed by atoms with Gasteiger partial charge in [-0.2, -0.15) is 5.10 Å². The van der Waals surface area contributed by atoms with Crippen molar-refractivity contribution in [1.29, 1.82) is 0 Å². The second-order valence-electron chi connectivity index (χ2n) is 6.97. The van der Waals surface area contributed by atoms with Gasteiger partial charge in [0.1, 0.15) is 22.3 Å². The summed E-state index contributed by atoms with van der Waals surface area (Å²) in [6.45, 7) is 2.36. The summed E-state index contributed by atoms with van der Waals surface area (Å²) in [6, 6.07) is 18.3. The fraction of sp³-hybridized carbons (Fsp3) is 0.160. The fourth-order valence-corrected chi connectivity index (χ4v) is 2.99. The highest BCUT2D eigenvalue weighted by molar-refractivity contribution is 6.42. The van der Waals surface area contributed by atoms with Crippen LogP contribution in [0.5, 0.6) is 17.2 Å². The molecule has 0 bridgehead atoms. The lowest BCUT2D eigenvalue weighted by molar-refractivity contribution is -0.123. The summed E-state index contributed by atoms with van der Waals surface area (Å²) in [4.78, 5) is 24.2. The summed E-state index contributed by atoms with van der Waals surface area (Å²) in [5.74, 6) is 0.442. The Morgan fingerprint density at radius 3 is 2.35 bits per heavy atom. The first kappa shape index (κ1) is 25.1. The van der Waals surface area contributed by atoms with Crippen molar-refractivity contribution in [3.8, 4) is 17.2 Å². The molecule has 3 aromatic rings. The van der Waals surface area contributed by atoms with Gasteiger partial charge in [-0.05, 0) is 72.6 Å². The van der Waals surface area contributed by atoms with Crippen LogP contribution in [0.4, 0.5) is 0 Å². The van der Waals surface area contributed by atoms with E-state index in [1.54, 1.807) is 66.7 Å². The normalized spacial score (nSPS) is 10.7. The van der Waals surface area contributed by atoms with Crippen LogP contribution in [0.1, 0.15) is 29.3 Å². The maximum Gasteiger partial charge on any atom is 0.343 e. The van der Waals surface area contributed by atoms with E-state index in [-0.39, 0.29) is 11.6 Å². The molecule has 0 unspecified atom stereocenters. The van der Waals surface area contributed by atoms with E-state index < -0.39 is 11.9 Å². The topological polar surface area (TPSA) is 86.2 Å². The molecule has 0 aliphatic rings. The van der Waals surface area contributed by atoms with Crippen molar-refractivity contribution < 1.29 is 23.8 Å². The van der Waals surface area contributed by atoms with E-state index in [1.807, 2.05) is 6.92 Å². The van der Waals surface area contributed by atoms with Gasteiger partial charge in [0.05, 0.1) is 23.4 Å². The van der Waals surface area contributed by atoms with Crippen molar-refractivity contribution in [1.82, 2.24) is 5.43 Å². The number of carbonyl (C=O) groups is 2. The van der Waals surface area contributed by atoms with E-state index in [9.17, 15) is 9.59 Å². The highest BCUT2D eigenvalue weighted by Gasteiger charge is 2.09. The van der Waals surface area contributed by atoms with Gasteiger partial charge in [0, 0.05) is 0 Å². The number of amides is 1. The number of nitrogens with one attached hydrogen (secondary N) is 1. The summed E-state index contributed by atoms with van der Waals surface area (Å²) >= 11 is 11.9. The number of nitrogens with zero attached hydrogens (tertiary/aromatic N) is 1. The minimum atomic E-state index is -0.476. The van der Waals surface area contributed by atoms with Gasteiger partial charge >= 0.3 is 5.97 Å². The minimum Gasteiger partial charge on any atom is -0.494 e. The molecule has 0 aromatic heterocycles. The number of carbonyl (C=O) groups excluding carboxylic acids is 2. The van der Waals surface area contributed by atoms with Crippen molar-refractivity contribution in [2.75, 3.05) is 13.2 Å². The van der Waals surface area contributed by atoms with E-state index in [2.05, 4.69) is 10.5 Å². The van der Waals surface area contributed by atoms with Gasteiger partial charge in [-0.3, -0.25) is 4.79 Å². The lowest BCUT2D eigenvalue weighted by Gasteiger charge is -2.07. The lowest BCUT2D eigenvalue weighted by atomic mass is 10.2. The Morgan fingerprint density at radius 2 is 1.65 bits per heavy atom. The Bertz CT molecular complexity index is 1150. The van der Waals surface area contributed by atoms with Crippen molar-refractivity contribution in [2.45, 2.75) is 13.3 Å². The molecule has 0 spiro atoms. The first-order valence-electron chi connectivity index (χ1n) is 10.4. The molecule has 0 saturated carbocycles. The Morgan fingerprint density at radius 1 is 0.941 bits per heavy atom. The number of rotatable bonds is 10. The molecule has 176 valence electrons. The number of hydrogen-bond donors (Lipinski definition) is 1. The number of hydrogen-bond acceptors (Lipinski definition) is 6. The van der Waals surface area contributed by atoms with Gasteiger partial charge in [0.15, 0.2) is 6.61 Å². The Balaban J connectivity index is 1.46. The molecule has 0 radical (unpaired) electrons. The van der Waals surface area contributed by atoms with E-state index in [4.69, 9.17) is 37.4 Å². The minimum absolute atomic E-state index is 0.235. The molecule has 0 aliphatic heterocycles. The molecule has 0 atom stereocenters. The molecule has 3 rings (SSSR count). The van der Waals surface area contributed by atoms with Crippen LogP contribution in [0.25, 0.3) is 0 Å². The van der Waals surface area contributed by atoms with Gasteiger partial charge < -0.3 is 14.2 Å². The lowest BCUT2D eigenvalue weighted by Crippen LogP contribution is -2.24. The summed E-state index contributed by atoms with van der Waals surface area (Å²) in [7, 11) is 0. The molecule has 9 heteroatoms. The Hall–Kier alpha value is -3.55. The molecule has 0 aliphatic carbocycles. The standard InChI is InChI=1S/C25H22Cl2N2O5/c1-2-14-32-19-12-8-18(9-13-19)25(31)34-20-10-6-17(7-11-20)15-28-29-23(30)16-33-22-5-3-4-21(26)24(22)27/h3-13,15H,2,14,16H2,1H3,(H,29,30)/b28-15+. The van der Waals surface area contributed by atoms with Crippen LogP contribution in [0, 0.1) is 0 Å². The van der Waals surface area contributed by atoms with Gasteiger partial charge in [-0.15, -0.1) is 0 Å². The van der Waals surface area contributed by atoms with Gasteiger partial charge in [-0.25, -0.2) is 10.2 Å². The highest BCUT2D eigenvalue weighted by atomic mass is 35.5. The summed E-state index contributed by atoms with van der Waals surface area (Å²) in [6.07, 6.45) is 2.36. The Labute approximate surface area is 207 Å². The second-order valence-corrected chi connectivity index (χ2v) is 7.75. The molecule has 7 nitrogen and oxygen atoms in total. The summed E-state index contributed by atoms with van der Waals surface area (Å²) in [5.41, 5.74) is 3.46. The van der Waals surface area contributed by atoms with E-state index >= 15 is 0 Å². The van der Waals surface area contributed by atoms with Crippen molar-refractivity contribution >= 4 is 41.3 Å². The number of benzene rings is 3. The molecule has 1 amide bonds. The average Bonchev–Trinajstić information content (AvgIpc) is 2.85. The molecule has 3 aromatic carbocycles. The number of hydrazone groups is 1. The zero-order valence-corrected chi connectivity index (χ0v) is 19.8. The first-order valence-corrected chi connectivity index (χ1v) is 11.2. The van der Waals surface area contributed by atoms with Crippen LogP contribution in [0.2, 0.25) is 10.0 Å². The Kier molecular flexibility index (Phi) is 9.31.